The van der Waals surface area contributed by atoms with Crippen LogP contribution in [-0.4, -0.2) is 53.4 Å². The number of β-amino-alcohol motifs (C(OH)–C–C–N with tert-alkyl or cyclic N) is 1. The summed E-state index contributed by atoms with van der Waals surface area (Å²) < 4.78 is 0. The van der Waals surface area contributed by atoms with Gasteiger partial charge in [-0.15, -0.1) is 0 Å². The summed E-state index contributed by atoms with van der Waals surface area (Å²) in [7, 11) is 0. The molecule has 3 heteroatoms. The van der Waals surface area contributed by atoms with Gasteiger partial charge in [0.25, 0.3) is 0 Å². The maximum Gasteiger partial charge on any atom is 0.120 e. The molecule has 3 nitrogen and oxygen atoms in total. The fourth-order valence-electron chi connectivity index (χ4n) is 3.88. The highest BCUT2D eigenvalue weighted by atomic mass is 16.3. The van der Waals surface area contributed by atoms with E-state index in [1.54, 1.807) is 0 Å². The topological polar surface area (TPSA) is 26.7 Å². The van der Waals surface area contributed by atoms with Crippen LogP contribution >= 0.6 is 0 Å². The lowest BCUT2D eigenvalue weighted by Crippen LogP contribution is -2.58. The fraction of sp³-hybridized carbons (Fsp3) is 1.00. The van der Waals surface area contributed by atoms with Gasteiger partial charge in [0, 0.05) is 32.2 Å². The average molecular weight is 268 g/mol. The largest absolute Gasteiger partial charge is 0.377 e. The standard InChI is InChI=1S/C16H32N2O/c1-13(2)11-17-8-9-18(15(19)12-17)14-6-5-7-16(3,4)10-14/h13-15,19H,5-12H2,1-4H3. The molecule has 1 N–H and O–H groups in total. The van der Waals surface area contributed by atoms with Crippen LogP contribution in [0, 0.1) is 11.3 Å². The predicted octanol–water partition coefficient (Wildman–Crippen LogP) is 2.55. The van der Waals surface area contributed by atoms with E-state index in [1.807, 2.05) is 0 Å². The van der Waals surface area contributed by atoms with Crippen LogP contribution in [0.25, 0.3) is 0 Å². The van der Waals surface area contributed by atoms with E-state index in [1.165, 1.54) is 25.7 Å². The molecule has 2 fully saturated rings. The number of aliphatic hydroxyl groups excluding tert-OH is 1. The lowest BCUT2D eigenvalue weighted by molar-refractivity contribution is -0.0938. The molecule has 1 aliphatic carbocycles. The van der Waals surface area contributed by atoms with Crippen molar-refractivity contribution in [3.05, 3.63) is 0 Å². The van der Waals surface area contributed by atoms with Crippen molar-refractivity contribution in [2.75, 3.05) is 26.2 Å². The molecule has 0 radical (unpaired) electrons. The molecule has 19 heavy (non-hydrogen) atoms. The number of rotatable bonds is 3. The Morgan fingerprint density at radius 2 is 2.00 bits per heavy atom. The molecule has 2 atom stereocenters. The van der Waals surface area contributed by atoms with E-state index < -0.39 is 0 Å². The van der Waals surface area contributed by atoms with Gasteiger partial charge in [-0.2, -0.15) is 0 Å². The first-order valence-corrected chi connectivity index (χ1v) is 8.03. The summed E-state index contributed by atoms with van der Waals surface area (Å²) in [4.78, 5) is 4.79. The lowest BCUT2D eigenvalue weighted by Gasteiger charge is -2.47. The highest BCUT2D eigenvalue weighted by Crippen LogP contribution is 2.38. The Morgan fingerprint density at radius 3 is 2.58 bits per heavy atom. The zero-order valence-corrected chi connectivity index (χ0v) is 13.2. The third-order valence-electron chi connectivity index (χ3n) is 4.75. The Labute approximate surface area is 119 Å². The summed E-state index contributed by atoms with van der Waals surface area (Å²) in [6.07, 6.45) is 4.91. The summed E-state index contributed by atoms with van der Waals surface area (Å²) in [5, 5.41) is 10.5. The molecule has 0 aromatic carbocycles. The van der Waals surface area contributed by atoms with Crippen LogP contribution < -0.4 is 0 Å². The van der Waals surface area contributed by atoms with Crippen LogP contribution in [0.2, 0.25) is 0 Å². The summed E-state index contributed by atoms with van der Waals surface area (Å²) >= 11 is 0. The van der Waals surface area contributed by atoms with Gasteiger partial charge < -0.3 is 5.11 Å². The van der Waals surface area contributed by atoms with E-state index in [-0.39, 0.29) is 6.23 Å². The molecular formula is C16H32N2O. The number of aliphatic hydroxyl groups is 1. The van der Waals surface area contributed by atoms with Gasteiger partial charge in [-0.1, -0.05) is 34.1 Å². The molecule has 0 aromatic rings. The minimum Gasteiger partial charge on any atom is -0.377 e. The summed E-state index contributed by atoms with van der Waals surface area (Å²) in [6, 6.07) is 0.597. The molecule has 0 amide bonds. The van der Waals surface area contributed by atoms with Crippen LogP contribution in [0.1, 0.15) is 53.4 Å². The predicted molar refractivity (Wildman–Crippen MR) is 80.0 cm³/mol. The van der Waals surface area contributed by atoms with E-state index in [9.17, 15) is 5.11 Å². The maximum absolute atomic E-state index is 10.5. The molecule has 0 aromatic heterocycles. The lowest BCUT2D eigenvalue weighted by atomic mass is 9.74. The molecule has 2 rings (SSSR count). The van der Waals surface area contributed by atoms with E-state index >= 15 is 0 Å². The Balaban J connectivity index is 1.89. The van der Waals surface area contributed by atoms with Gasteiger partial charge in [0.05, 0.1) is 0 Å². The van der Waals surface area contributed by atoms with Crippen molar-refractivity contribution in [2.24, 2.45) is 11.3 Å². The molecule has 1 saturated heterocycles. The van der Waals surface area contributed by atoms with Crippen LogP contribution in [0.15, 0.2) is 0 Å². The van der Waals surface area contributed by atoms with Crippen molar-refractivity contribution in [3.8, 4) is 0 Å². The van der Waals surface area contributed by atoms with E-state index in [2.05, 4.69) is 37.5 Å². The highest BCUT2D eigenvalue weighted by molar-refractivity contribution is 4.88. The van der Waals surface area contributed by atoms with Crippen molar-refractivity contribution >= 4 is 0 Å². The Bertz CT molecular complexity index is 290. The van der Waals surface area contributed by atoms with E-state index in [4.69, 9.17) is 0 Å². The van der Waals surface area contributed by atoms with Crippen molar-refractivity contribution < 1.29 is 5.11 Å². The van der Waals surface area contributed by atoms with Gasteiger partial charge in [0.1, 0.15) is 6.23 Å². The first kappa shape index (κ1) is 15.3. The van der Waals surface area contributed by atoms with Crippen LogP contribution in [0.4, 0.5) is 0 Å². The van der Waals surface area contributed by atoms with Gasteiger partial charge in [0.15, 0.2) is 0 Å². The van der Waals surface area contributed by atoms with Crippen LogP contribution in [-0.2, 0) is 0 Å². The Hall–Kier alpha value is -0.120. The highest BCUT2D eigenvalue weighted by Gasteiger charge is 2.36. The maximum atomic E-state index is 10.5. The zero-order chi connectivity index (χ0) is 14.0. The Kier molecular flexibility index (Phi) is 4.91. The quantitative estimate of drug-likeness (QED) is 0.852. The summed E-state index contributed by atoms with van der Waals surface area (Å²) in [6.45, 7) is 13.4. The molecule has 2 aliphatic rings. The molecule has 1 aliphatic heterocycles. The normalized spacial score (nSPS) is 33.8. The molecule has 1 saturated carbocycles. The van der Waals surface area contributed by atoms with Gasteiger partial charge in [-0.05, 0) is 30.6 Å². The molecule has 1 heterocycles. The van der Waals surface area contributed by atoms with Crippen LogP contribution in [0.3, 0.4) is 0 Å². The van der Waals surface area contributed by atoms with Gasteiger partial charge >= 0.3 is 0 Å². The second-order valence-corrected chi connectivity index (χ2v) is 7.79. The first-order valence-electron chi connectivity index (χ1n) is 8.03. The summed E-state index contributed by atoms with van der Waals surface area (Å²) in [5.74, 6) is 0.687. The van der Waals surface area contributed by atoms with Gasteiger partial charge in [-0.25, -0.2) is 0 Å². The van der Waals surface area contributed by atoms with Crippen molar-refractivity contribution in [1.82, 2.24) is 9.80 Å². The zero-order valence-electron chi connectivity index (χ0n) is 13.2. The average Bonchev–Trinajstić information content (AvgIpc) is 2.26. The second kappa shape index (κ2) is 6.11. The number of piperazine rings is 1. The molecule has 0 bridgehead atoms. The minimum atomic E-state index is -0.258. The van der Waals surface area contributed by atoms with Gasteiger partial charge in [0.2, 0.25) is 0 Å². The second-order valence-electron chi connectivity index (χ2n) is 7.79. The number of hydrogen-bond acceptors (Lipinski definition) is 3. The van der Waals surface area contributed by atoms with E-state index in [0.717, 1.165) is 26.2 Å². The van der Waals surface area contributed by atoms with Crippen molar-refractivity contribution in [3.63, 3.8) is 0 Å². The summed E-state index contributed by atoms with van der Waals surface area (Å²) in [5.41, 5.74) is 0.456. The third-order valence-corrected chi connectivity index (χ3v) is 4.75. The molecule has 2 unspecified atom stereocenters. The number of nitrogens with zero attached hydrogens (tertiary/aromatic N) is 2. The number of hydrogen-bond donors (Lipinski definition) is 1. The minimum absolute atomic E-state index is 0.258. The van der Waals surface area contributed by atoms with Crippen molar-refractivity contribution in [2.45, 2.75) is 65.6 Å². The van der Waals surface area contributed by atoms with Gasteiger partial charge in [-0.3, -0.25) is 9.80 Å². The first-order chi connectivity index (χ1) is 8.87. The SMILES string of the molecule is CC(C)CN1CCN(C2CCCC(C)(C)C2)C(O)C1. The third kappa shape index (κ3) is 4.17. The Morgan fingerprint density at radius 1 is 1.26 bits per heavy atom. The molecule has 112 valence electrons. The monoisotopic (exact) mass is 268 g/mol. The van der Waals surface area contributed by atoms with Crippen molar-refractivity contribution in [1.29, 1.82) is 0 Å². The van der Waals surface area contributed by atoms with Crippen LogP contribution in [0.5, 0.6) is 0 Å². The fourth-order valence-corrected chi connectivity index (χ4v) is 3.88. The van der Waals surface area contributed by atoms with E-state index in [0.29, 0.717) is 17.4 Å². The smallest absolute Gasteiger partial charge is 0.120 e. The molecular weight excluding hydrogens is 236 g/mol. The molecule has 0 spiro atoms.